The second-order valence-corrected chi connectivity index (χ2v) is 4.62. The van der Waals surface area contributed by atoms with Crippen molar-refractivity contribution in [3.8, 4) is 5.75 Å². The molecule has 2 aromatic rings. The molecule has 0 aliphatic rings. The van der Waals surface area contributed by atoms with Gasteiger partial charge in [-0.05, 0) is 48.2 Å². The molecule has 0 fully saturated rings. The Morgan fingerprint density at radius 2 is 1.47 bits per heavy atom. The number of rotatable bonds is 3. The van der Waals surface area contributed by atoms with Crippen LogP contribution >= 0.6 is 11.6 Å². The number of hydrogen-bond donors (Lipinski definition) is 0. The summed E-state index contributed by atoms with van der Waals surface area (Å²) in [5.74, 6) is 0.944. The Hall–Kier alpha value is -1.47. The zero-order valence-electron chi connectivity index (χ0n) is 11.8. The van der Waals surface area contributed by atoms with Crippen molar-refractivity contribution in [2.45, 2.75) is 26.7 Å². The predicted octanol–water partition coefficient (Wildman–Crippen LogP) is 5.16. The molecule has 0 atom stereocenters. The van der Waals surface area contributed by atoms with Crippen LogP contribution in [-0.2, 0) is 12.8 Å². The molecule has 0 amide bonds. The molecular formula is C17H21ClO. The number of halogens is 1. The van der Waals surface area contributed by atoms with E-state index in [2.05, 4.69) is 32.0 Å². The molecule has 0 saturated carbocycles. The quantitative estimate of drug-likeness (QED) is 0.752. The van der Waals surface area contributed by atoms with Gasteiger partial charge in [0, 0.05) is 5.02 Å². The molecule has 2 rings (SSSR count). The molecule has 0 aliphatic carbocycles. The first kappa shape index (κ1) is 15.6. The lowest BCUT2D eigenvalue weighted by atomic mass is 10.2. The number of ether oxygens (including phenoxy) is 1. The molecule has 0 spiro atoms. The fraction of sp³-hybridized carbons (Fsp3) is 0.294. The Morgan fingerprint density at radius 1 is 0.895 bits per heavy atom. The zero-order chi connectivity index (χ0) is 14.1. The van der Waals surface area contributed by atoms with Gasteiger partial charge in [0.05, 0.1) is 7.11 Å². The summed E-state index contributed by atoms with van der Waals surface area (Å²) in [5, 5.41) is 0.828. The minimum atomic E-state index is 0.828. The second kappa shape index (κ2) is 8.60. The van der Waals surface area contributed by atoms with Gasteiger partial charge in [-0.3, -0.25) is 0 Å². The molecule has 2 aromatic carbocycles. The number of aryl methyl sites for hydroxylation is 2. The van der Waals surface area contributed by atoms with Gasteiger partial charge in [0.1, 0.15) is 5.75 Å². The summed E-state index contributed by atoms with van der Waals surface area (Å²) in [6.45, 7) is 4.25. The molecular weight excluding hydrogens is 256 g/mol. The van der Waals surface area contributed by atoms with Crippen LogP contribution in [-0.4, -0.2) is 7.11 Å². The number of benzene rings is 2. The van der Waals surface area contributed by atoms with Crippen LogP contribution in [0.1, 0.15) is 25.0 Å². The van der Waals surface area contributed by atoms with Crippen molar-refractivity contribution in [3.05, 3.63) is 64.7 Å². The molecule has 0 aliphatic heterocycles. The van der Waals surface area contributed by atoms with E-state index in [1.54, 1.807) is 7.11 Å². The Kier molecular flexibility index (Phi) is 7.06. The van der Waals surface area contributed by atoms with Crippen molar-refractivity contribution in [2.24, 2.45) is 0 Å². The van der Waals surface area contributed by atoms with E-state index in [1.807, 2.05) is 30.3 Å². The molecule has 0 unspecified atom stereocenters. The van der Waals surface area contributed by atoms with Crippen LogP contribution in [0.15, 0.2) is 48.5 Å². The summed E-state index contributed by atoms with van der Waals surface area (Å²) in [6.07, 6.45) is 2.12. The van der Waals surface area contributed by atoms with Crippen molar-refractivity contribution in [3.63, 3.8) is 0 Å². The second-order valence-electron chi connectivity index (χ2n) is 4.19. The monoisotopic (exact) mass is 276 g/mol. The van der Waals surface area contributed by atoms with Crippen LogP contribution in [0.25, 0.3) is 0 Å². The van der Waals surface area contributed by atoms with Gasteiger partial charge in [0.2, 0.25) is 0 Å². The summed E-state index contributed by atoms with van der Waals surface area (Å²) in [7, 11) is 1.69. The maximum Gasteiger partial charge on any atom is 0.119 e. The van der Waals surface area contributed by atoms with E-state index in [9.17, 15) is 0 Å². The maximum absolute atomic E-state index is 5.72. The zero-order valence-corrected chi connectivity index (χ0v) is 12.6. The molecule has 0 radical (unpaired) electrons. The fourth-order valence-electron chi connectivity index (χ4n) is 1.65. The van der Waals surface area contributed by atoms with E-state index in [4.69, 9.17) is 16.3 Å². The van der Waals surface area contributed by atoms with Crippen molar-refractivity contribution >= 4 is 11.6 Å². The minimum absolute atomic E-state index is 0.828. The molecule has 19 heavy (non-hydrogen) atoms. The summed E-state index contributed by atoms with van der Waals surface area (Å²) in [6, 6.07) is 16.1. The first-order valence-electron chi connectivity index (χ1n) is 6.57. The summed E-state index contributed by atoms with van der Waals surface area (Å²) in [5.41, 5.74) is 2.61. The lowest BCUT2D eigenvalue weighted by Crippen LogP contribution is -1.84. The van der Waals surface area contributed by atoms with Crippen molar-refractivity contribution in [1.82, 2.24) is 0 Å². The van der Waals surface area contributed by atoms with Crippen LogP contribution in [0.3, 0.4) is 0 Å². The van der Waals surface area contributed by atoms with Gasteiger partial charge in [-0.2, -0.15) is 0 Å². The third-order valence-corrected chi connectivity index (χ3v) is 3.07. The number of methoxy groups -OCH3 is 1. The topological polar surface area (TPSA) is 9.23 Å². The molecule has 0 saturated heterocycles. The molecule has 0 heterocycles. The summed E-state index contributed by atoms with van der Waals surface area (Å²) in [4.78, 5) is 0. The highest BCUT2D eigenvalue weighted by Gasteiger charge is 1.90. The van der Waals surface area contributed by atoms with Crippen LogP contribution < -0.4 is 4.74 Å². The average Bonchev–Trinajstić information content (AvgIpc) is 2.48. The van der Waals surface area contributed by atoms with Gasteiger partial charge in [-0.15, -0.1) is 0 Å². The van der Waals surface area contributed by atoms with E-state index in [0.29, 0.717) is 0 Å². The average molecular weight is 277 g/mol. The van der Waals surface area contributed by atoms with Gasteiger partial charge in [-0.1, -0.05) is 49.7 Å². The van der Waals surface area contributed by atoms with Crippen LogP contribution in [0.5, 0.6) is 5.75 Å². The lowest BCUT2D eigenvalue weighted by Gasteiger charge is -2.00. The summed E-state index contributed by atoms with van der Waals surface area (Å²) >= 11 is 5.72. The SMILES string of the molecule is CCc1cccc(Cl)c1.CCc1cccc(OC)c1. The highest BCUT2D eigenvalue weighted by atomic mass is 35.5. The Labute approximate surface area is 121 Å². The lowest BCUT2D eigenvalue weighted by molar-refractivity contribution is 0.414. The van der Waals surface area contributed by atoms with Crippen LogP contribution in [0.4, 0.5) is 0 Å². The maximum atomic E-state index is 5.72. The van der Waals surface area contributed by atoms with E-state index in [0.717, 1.165) is 23.6 Å². The van der Waals surface area contributed by atoms with Crippen LogP contribution in [0, 0.1) is 0 Å². The standard InChI is InChI=1S/C9H12O.C8H9Cl/c1-3-8-5-4-6-9(7-8)10-2;1-2-7-4-3-5-8(9)6-7/h4-7H,3H2,1-2H3;3-6H,2H2,1H3. The molecule has 0 N–H and O–H groups in total. The third kappa shape index (κ3) is 5.80. The highest BCUT2D eigenvalue weighted by Crippen LogP contribution is 2.12. The molecule has 1 nitrogen and oxygen atoms in total. The normalized spacial score (nSPS) is 9.47. The van der Waals surface area contributed by atoms with Gasteiger partial charge in [0.25, 0.3) is 0 Å². The molecule has 0 aromatic heterocycles. The van der Waals surface area contributed by atoms with Gasteiger partial charge in [0.15, 0.2) is 0 Å². The van der Waals surface area contributed by atoms with E-state index in [-0.39, 0.29) is 0 Å². The van der Waals surface area contributed by atoms with E-state index < -0.39 is 0 Å². The largest absolute Gasteiger partial charge is 0.497 e. The highest BCUT2D eigenvalue weighted by molar-refractivity contribution is 6.30. The van der Waals surface area contributed by atoms with Crippen molar-refractivity contribution < 1.29 is 4.74 Å². The first-order chi connectivity index (χ1) is 9.19. The minimum Gasteiger partial charge on any atom is -0.497 e. The fourth-order valence-corrected chi connectivity index (χ4v) is 1.86. The first-order valence-corrected chi connectivity index (χ1v) is 6.94. The molecule has 2 heteroatoms. The Morgan fingerprint density at radius 3 is 1.95 bits per heavy atom. The predicted molar refractivity (Wildman–Crippen MR) is 83.2 cm³/mol. The smallest absolute Gasteiger partial charge is 0.119 e. The van der Waals surface area contributed by atoms with Gasteiger partial charge >= 0.3 is 0 Å². The van der Waals surface area contributed by atoms with E-state index in [1.165, 1.54) is 11.1 Å². The van der Waals surface area contributed by atoms with E-state index >= 15 is 0 Å². The van der Waals surface area contributed by atoms with Gasteiger partial charge < -0.3 is 4.74 Å². The van der Waals surface area contributed by atoms with Crippen molar-refractivity contribution in [2.75, 3.05) is 7.11 Å². The number of hydrogen-bond acceptors (Lipinski definition) is 1. The molecule has 0 bridgehead atoms. The molecule has 102 valence electrons. The van der Waals surface area contributed by atoms with Crippen molar-refractivity contribution in [1.29, 1.82) is 0 Å². The summed E-state index contributed by atoms with van der Waals surface area (Å²) < 4.78 is 5.06. The van der Waals surface area contributed by atoms with Crippen LogP contribution in [0.2, 0.25) is 5.02 Å². The van der Waals surface area contributed by atoms with Gasteiger partial charge in [-0.25, -0.2) is 0 Å². The Balaban J connectivity index is 0.000000191. The third-order valence-electron chi connectivity index (χ3n) is 2.84. The Bertz CT molecular complexity index is 475.